The lowest BCUT2D eigenvalue weighted by atomic mass is 9.44. The summed E-state index contributed by atoms with van der Waals surface area (Å²) in [4.78, 5) is 52.4. The lowest BCUT2D eigenvalue weighted by molar-refractivity contribution is -0.228. The topological polar surface area (TPSA) is 97.7 Å². The van der Waals surface area contributed by atoms with Gasteiger partial charge >= 0.3 is 18.3 Å². The number of carbonyl (C=O) groups excluding carboxylic acids is 4. The standard InChI is InChI=1S/C34H34F8O6S/c1-5-27(46)48-32(28(47)49-15-25(44)17-9-18(33(37,38)39)11-19(10-17)34(40,41)42)16(2)8-21-22-13-24(35)23-12-20(43)6-7-29(23,3)31(22,36)26(45)14-30(21,32)4/h6-7,9-12,16,21-22,24,26,45H,5,8,13-15H2,1-4H3/t16-,21+,22+,24+,26+,29+,30+,31+,32+/m1/s1. The number of halogens is 8. The molecular weight excluding hydrogens is 688 g/mol. The summed E-state index contributed by atoms with van der Waals surface area (Å²) in [6, 6.07) is 0.356. The average Bonchev–Trinajstić information content (AvgIpc) is 3.23. The zero-order valence-corrected chi connectivity index (χ0v) is 27.6. The molecule has 6 nitrogen and oxygen atoms in total. The molecule has 3 saturated carbocycles. The largest absolute Gasteiger partial charge is 0.449 e. The van der Waals surface area contributed by atoms with E-state index in [0.29, 0.717) is 0 Å². The van der Waals surface area contributed by atoms with Crippen molar-refractivity contribution in [3.05, 3.63) is 58.7 Å². The van der Waals surface area contributed by atoms with Crippen LogP contribution in [0.1, 0.15) is 74.9 Å². The van der Waals surface area contributed by atoms with Gasteiger partial charge in [0, 0.05) is 34.7 Å². The van der Waals surface area contributed by atoms with Crippen molar-refractivity contribution in [2.45, 2.75) is 89.3 Å². The maximum absolute atomic E-state index is 17.6. The highest BCUT2D eigenvalue weighted by molar-refractivity contribution is 8.14. The molecule has 9 atom stereocenters. The van der Waals surface area contributed by atoms with Crippen LogP contribution in [0.2, 0.25) is 0 Å². The van der Waals surface area contributed by atoms with Gasteiger partial charge in [0.25, 0.3) is 0 Å². The van der Waals surface area contributed by atoms with Gasteiger partial charge in [-0.15, -0.1) is 0 Å². The van der Waals surface area contributed by atoms with Gasteiger partial charge in [0.05, 0.1) is 23.0 Å². The van der Waals surface area contributed by atoms with E-state index in [1.807, 2.05) is 0 Å². The number of carbonyl (C=O) groups is 4. The highest BCUT2D eigenvalue weighted by Gasteiger charge is 2.78. The Bertz CT molecular complexity index is 1620. The van der Waals surface area contributed by atoms with Crippen molar-refractivity contribution in [1.29, 1.82) is 0 Å². The van der Waals surface area contributed by atoms with Crippen LogP contribution in [0.4, 0.5) is 35.1 Å². The summed E-state index contributed by atoms with van der Waals surface area (Å²) in [5.41, 5.74) is -12.5. The molecule has 0 heterocycles. The fourth-order valence-corrected chi connectivity index (χ4v) is 10.0. The average molecular weight is 723 g/mol. The first-order valence-corrected chi connectivity index (χ1v) is 16.6. The van der Waals surface area contributed by atoms with Crippen LogP contribution in [0.15, 0.2) is 42.0 Å². The van der Waals surface area contributed by atoms with Crippen molar-refractivity contribution in [1.82, 2.24) is 0 Å². The fraction of sp³-hybridized carbons (Fsp3) is 0.588. The van der Waals surface area contributed by atoms with Gasteiger partial charge in [-0.25, -0.2) is 8.78 Å². The predicted octanol–water partition coefficient (Wildman–Crippen LogP) is 7.42. The summed E-state index contributed by atoms with van der Waals surface area (Å²) in [7, 11) is 0. The fourth-order valence-electron chi connectivity index (χ4n) is 8.91. The molecule has 15 heteroatoms. The van der Waals surface area contributed by atoms with E-state index in [1.54, 1.807) is 0 Å². The first kappa shape index (κ1) is 37.2. The van der Waals surface area contributed by atoms with Gasteiger partial charge in [-0.3, -0.25) is 19.2 Å². The minimum atomic E-state index is -5.22. The maximum atomic E-state index is 17.6. The number of allylic oxidation sites excluding steroid dienone is 4. The number of Topliss-reactive ketones (excluding diaryl/α,β-unsaturated/α-hetero) is 1. The summed E-state index contributed by atoms with van der Waals surface area (Å²) >= 11 is 0.225. The second-order valence-electron chi connectivity index (χ2n) is 13.9. The molecule has 0 spiro atoms. The number of hydrogen-bond acceptors (Lipinski definition) is 7. The molecule has 0 amide bonds. The number of aliphatic hydroxyl groups excluding tert-OH is 1. The van der Waals surface area contributed by atoms with E-state index in [1.165, 1.54) is 33.8 Å². The van der Waals surface area contributed by atoms with Crippen molar-refractivity contribution in [3.63, 3.8) is 0 Å². The minimum Gasteiger partial charge on any atom is -0.449 e. The molecular formula is C34H34F8O6S. The molecule has 4 aliphatic carbocycles. The van der Waals surface area contributed by atoms with Crippen molar-refractivity contribution in [2.75, 3.05) is 5.75 Å². The Labute approximate surface area is 280 Å². The number of ether oxygens (including phenoxy) is 1. The van der Waals surface area contributed by atoms with Gasteiger partial charge in [-0.1, -0.05) is 38.6 Å². The second kappa shape index (κ2) is 12.0. The molecule has 268 valence electrons. The summed E-state index contributed by atoms with van der Waals surface area (Å²) in [6.07, 6.45) is -11.9. The van der Waals surface area contributed by atoms with Crippen LogP contribution in [0.3, 0.4) is 0 Å². The molecule has 0 unspecified atom stereocenters. The molecule has 0 aromatic heterocycles. The third kappa shape index (κ3) is 5.57. The molecule has 5 rings (SSSR count). The summed E-state index contributed by atoms with van der Waals surface area (Å²) in [6.45, 7) is 5.85. The number of thioether (sulfide) groups is 1. The van der Waals surface area contributed by atoms with Crippen molar-refractivity contribution >= 4 is 34.4 Å². The second-order valence-corrected chi connectivity index (χ2v) is 14.8. The predicted molar refractivity (Wildman–Crippen MR) is 161 cm³/mol. The molecule has 0 radical (unpaired) electrons. The van der Waals surface area contributed by atoms with Crippen molar-refractivity contribution < 1.29 is 64.1 Å². The minimum absolute atomic E-state index is 0.00383. The van der Waals surface area contributed by atoms with E-state index in [4.69, 9.17) is 4.74 Å². The number of benzene rings is 1. The molecule has 0 bridgehead atoms. The van der Waals surface area contributed by atoms with Gasteiger partial charge in [0.2, 0.25) is 5.12 Å². The van der Waals surface area contributed by atoms with E-state index in [0.717, 1.165) is 12.2 Å². The number of rotatable bonds is 6. The Morgan fingerprint density at radius 1 is 1.00 bits per heavy atom. The van der Waals surface area contributed by atoms with E-state index in [9.17, 15) is 50.6 Å². The van der Waals surface area contributed by atoms with Gasteiger partial charge < -0.3 is 9.84 Å². The van der Waals surface area contributed by atoms with Crippen LogP contribution in [-0.4, -0.2) is 57.1 Å². The molecule has 3 fully saturated rings. The summed E-state index contributed by atoms with van der Waals surface area (Å²) in [5.74, 6) is -6.63. The SMILES string of the molecule is CCC(=O)O[C@]1(C(=O)SCC(=O)c2cc(C(F)(F)F)cc(C(F)(F)F)c2)[C@H](C)C[C@H]2[C@@H]3C[C@H](F)C4=CC(=O)C=C[C@]4(C)[C@@]3(F)[C@@H](O)C[C@@]21C. The highest BCUT2D eigenvalue weighted by Crippen LogP contribution is 2.72. The Morgan fingerprint density at radius 2 is 1.59 bits per heavy atom. The zero-order valence-electron chi connectivity index (χ0n) is 26.8. The summed E-state index contributed by atoms with van der Waals surface area (Å²) in [5, 5.41) is 10.7. The zero-order chi connectivity index (χ0) is 36.7. The lowest BCUT2D eigenvalue weighted by Gasteiger charge is -2.63. The molecule has 1 aromatic rings. The summed E-state index contributed by atoms with van der Waals surface area (Å²) < 4.78 is 120. The van der Waals surface area contributed by atoms with Crippen LogP contribution < -0.4 is 0 Å². The normalized spacial score (nSPS) is 37.1. The van der Waals surface area contributed by atoms with E-state index < -0.39 is 122 Å². The number of esters is 1. The molecule has 49 heavy (non-hydrogen) atoms. The molecule has 1 aromatic carbocycles. The number of ketones is 2. The Morgan fingerprint density at radius 3 is 2.14 bits per heavy atom. The van der Waals surface area contributed by atoms with Crippen LogP contribution >= 0.6 is 11.8 Å². The van der Waals surface area contributed by atoms with E-state index in [-0.39, 0.29) is 48.4 Å². The monoisotopic (exact) mass is 722 g/mol. The van der Waals surface area contributed by atoms with Gasteiger partial charge in [0.1, 0.15) is 6.17 Å². The van der Waals surface area contributed by atoms with Gasteiger partial charge in [-0.05, 0) is 68.0 Å². The third-order valence-corrected chi connectivity index (χ3v) is 12.3. The van der Waals surface area contributed by atoms with Crippen LogP contribution in [0.5, 0.6) is 0 Å². The maximum Gasteiger partial charge on any atom is 0.416 e. The third-order valence-electron chi connectivity index (χ3n) is 11.3. The smallest absolute Gasteiger partial charge is 0.416 e. The van der Waals surface area contributed by atoms with Gasteiger partial charge in [-0.2, -0.15) is 26.3 Å². The van der Waals surface area contributed by atoms with Crippen molar-refractivity contribution in [3.8, 4) is 0 Å². The number of fused-ring (bicyclic) bond motifs is 5. The van der Waals surface area contributed by atoms with Crippen LogP contribution in [-0.2, 0) is 31.5 Å². The molecule has 4 aliphatic rings. The Hall–Kier alpha value is -3.07. The quantitative estimate of drug-likeness (QED) is 0.186. The first-order chi connectivity index (χ1) is 22.5. The first-order valence-electron chi connectivity index (χ1n) is 15.6. The van der Waals surface area contributed by atoms with Crippen LogP contribution in [0, 0.1) is 28.6 Å². The van der Waals surface area contributed by atoms with Gasteiger partial charge in [0.15, 0.2) is 22.8 Å². The Balaban J connectivity index is 1.52. The Kier molecular flexibility index (Phi) is 9.12. The number of aliphatic hydroxyl groups is 1. The number of hydrogen-bond donors (Lipinski definition) is 1. The van der Waals surface area contributed by atoms with E-state index >= 15 is 8.78 Å². The lowest BCUT2D eigenvalue weighted by Crippen LogP contribution is -2.70. The van der Waals surface area contributed by atoms with Crippen LogP contribution in [0.25, 0.3) is 0 Å². The van der Waals surface area contributed by atoms with E-state index in [2.05, 4.69) is 0 Å². The molecule has 0 saturated heterocycles. The molecule has 1 N–H and O–H groups in total. The number of alkyl halides is 8. The highest BCUT2D eigenvalue weighted by atomic mass is 32.2. The van der Waals surface area contributed by atoms with Crippen molar-refractivity contribution in [2.24, 2.45) is 28.6 Å². The molecule has 0 aliphatic heterocycles.